The molecule has 0 aromatic heterocycles. The van der Waals surface area contributed by atoms with Crippen molar-refractivity contribution in [1.29, 1.82) is 0 Å². The van der Waals surface area contributed by atoms with Crippen LogP contribution in [-0.4, -0.2) is 48.5 Å². The van der Waals surface area contributed by atoms with E-state index in [0.717, 1.165) is 25.3 Å². The van der Waals surface area contributed by atoms with Crippen molar-refractivity contribution in [3.05, 3.63) is 0 Å². The van der Waals surface area contributed by atoms with Crippen molar-refractivity contribution in [2.75, 3.05) is 25.9 Å². The average Bonchev–Trinajstić information content (AvgIpc) is 3.15. The van der Waals surface area contributed by atoms with Gasteiger partial charge in [0, 0.05) is 37.3 Å². The molecule has 1 amide bonds. The molecule has 1 unspecified atom stereocenters. The number of nitrogens with one attached hydrogen (secondary N) is 3. The molecule has 2 rings (SSSR count). The molecule has 0 aromatic carbocycles. The molecule has 0 spiro atoms. The first-order valence-electron chi connectivity index (χ1n) is 8.49. The molecule has 0 bridgehead atoms. The van der Waals surface area contributed by atoms with Crippen LogP contribution in [0.2, 0.25) is 0 Å². The van der Waals surface area contributed by atoms with E-state index in [2.05, 4.69) is 27.9 Å². The summed E-state index contributed by atoms with van der Waals surface area (Å²) in [4.78, 5) is 16.1. The summed E-state index contributed by atoms with van der Waals surface area (Å²) in [5, 5.41) is 9.73. The molecule has 1 heterocycles. The molecule has 2 fully saturated rings. The third-order valence-electron chi connectivity index (χ3n) is 4.52. The number of guanidine groups is 1. The predicted molar refractivity (Wildman–Crippen MR) is 94.5 cm³/mol. The Labute approximate surface area is 138 Å². The van der Waals surface area contributed by atoms with Gasteiger partial charge in [-0.3, -0.25) is 9.79 Å². The molecule has 2 aliphatic rings. The van der Waals surface area contributed by atoms with Crippen LogP contribution in [-0.2, 0) is 4.79 Å². The Bertz CT molecular complexity index is 388. The number of aliphatic imine (C=N–C) groups is 1. The van der Waals surface area contributed by atoms with Crippen LogP contribution in [0.15, 0.2) is 4.99 Å². The van der Waals surface area contributed by atoms with E-state index >= 15 is 0 Å². The number of rotatable bonds is 6. The van der Waals surface area contributed by atoms with Gasteiger partial charge in [0.25, 0.3) is 0 Å². The number of amides is 1. The Morgan fingerprint density at radius 2 is 2.05 bits per heavy atom. The van der Waals surface area contributed by atoms with Crippen molar-refractivity contribution in [3.63, 3.8) is 0 Å². The molecule has 1 atom stereocenters. The van der Waals surface area contributed by atoms with E-state index in [1.165, 1.54) is 31.4 Å². The second-order valence-corrected chi connectivity index (χ2v) is 8.24. The maximum Gasteiger partial charge on any atom is 0.221 e. The van der Waals surface area contributed by atoms with E-state index in [4.69, 9.17) is 0 Å². The number of hydrogen-bond acceptors (Lipinski definition) is 3. The quantitative estimate of drug-likeness (QED) is 0.515. The van der Waals surface area contributed by atoms with E-state index in [0.29, 0.717) is 23.8 Å². The molecule has 6 heteroatoms. The summed E-state index contributed by atoms with van der Waals surface area (Å²) < 4.78 is 0.317. The van der Waals surface area contributed by atoms with Gasteiger partial charge >= 0.3 is 0 Å². The second-order valence-electron chi connectivity index (χ2n) is 6.55. The predicted octanol–water partition coefficient (Wildman–Crippen LogP) is 1.89. The molecule has 1 aliphatic heterocycles. The number of carbonyl (C=O) groups excluding carboxylic acids is 1. The van der Waals surface area contributed by atoms with Crippen LogP contribution in [0.4, 0.5) is 0 Å². The number of hydrogen-bond donors (Lipinski definition) is 3. The van der Waals surface area contributed by atoms with Gasteiger partial charge in [0.2, 0.25) is 5.91 Å². The second kappa shape index (κ2) is 8.65. The Kier molecular flexibility index (Phi) is 6.86. The van der Waals surface area contributed by atoms with Gasteiger partial charge in [-0.05, 0) is 38.4 Å². The van der Waals surface area contributed by atoms with Gasteiger partial charge in [-0.15, -0.1) is 0 Å². The van der Waals surface area contributed by atoms with Crippen LogP contribution < -0.4 is 16.0 Å². The Balaban J connectivity index is 1.60. The van der Waals surface area contributed by atoms with Gasteiger partial charge in [-0.1, -0.05) is 12.8 Å². The third-order valence-corrected chi connectivity index (χ3v) is 6.06. The van der Waals surface area contributed by atoms with Gasteiger partial charge in [0.05, 0.1) is 0 Å². The fourth-order valence-electron chi connectivity index (χ4n) is 3.13. The van der Waals surface area contributed by atoms with E-state index < -0.39 is 0 Å². The van der Waals surface area contributed by atoms with Crippen LogP contribution >= 0.6 is 11.8 Å². The SMILES string of the molecule is CN=C(NCCC(=O)NC1CCCC1)NCC1(C)CCCS1. The van der Waals surface area contributed by atoms with Crippen molar-refractivity contribution in [1.82, 2.24) is 16.0 Å². The minimum Gasteiger partial charge on any atom is -0.356 e. The number of nitrogens with zero attached hydrogens (tertiary/aromatic N) is 1. The minimum atomic E-state index is 0.146. The van der Waals surface area contributed by atoms with Gasteiger partial charge in [-0.25, -0.2) is 0 Å². The van der Waals surface area contributed by atoms with Crippen molar-refractivity contribution in [3.8, 4) is 0 Å². The zero-order valence-electron chi connectivity index (χ0n) is 13.9. The lowest BCUT2D eigenvalue weighted by molar-refractivity contribution is -0.121. The van der Waals surface area contributed by atoms with Crippen molar-refractivity contribution in [2.45, 2.75) is 62.7 Å². The van der Waals surface area contributed by atoms with Crippen LogP contribution in [0.3, 0.4) is 0 Å². The molecule has 1 saturated carbocycles. The maximum atomic E-state index is 11.9. The van der Waals surface area contributed by atoms with Gasteiger partial charge in [0.1, 0.15) is 0 Å². The standard InChI is InChI=1S/C16H30N4OS/c1-16(9-5-11-22-16)12-19-15(17-2)18-10-8-14(21)20-13-6-3-4-7-13/h13H,3-12H2,1-2H3,(H,20,21)(H2,17,18,19). The van der Waals surface area contributed by atoms with Gasteiger partial charge < -0.3 is 16.0 Å². The van der Waals surface area contributed by atoms with Crippen molar-refractivity contribution in [2.24, 2.45) is 4.99 Å². The molecular formula is C16H30N4OS. The highest BCUT2D eigenvalue weighted by molar-refractivity contribution is 8.00. The smallest absolute Gasteiger partial charge is 0.221 e. The highest BCUT2D eigenvalue weighted by Crippen LogP contribution is 2.36. The molecule has 3 N–H and O–H groups in total. The van der Waals surface area contributed by atoms with E-state index in [-0.39, 0.29) is 5.91 Å². The normalized spacial score (nSPS) is 26.2. The fourth-order valence-corrected chi connectivity index (χ4v) is 4.38. The summed E-state index contributed by atoms with van der Waals surface area (Å²) >= 11 is 2.03. The average molecular weight is 327 g/mol. The van der Waals surface area contributed by atoms with E-state index in [1.54, 1.807) is 7.05 Å². The third kappa shape index (κ3) is 5.71. The van der Waals surface area contributed by atoms with Crippen LogP contribution in [0.1, 0.15) is 51.9 Å². The molecule has 126 valence electrons. The van der Waals surface area contributed by atoms with Gasteiger partial charge in [-0.2, -0.15) is 11.8 Å². The highest BCUT2D eigenvalue weighted by Gasteiger charge is 2.29. The molecule has 1 saturated heterocycles. The first-order chi connectivity index (χ1) is 10.6. The summed E-state index contributed by atoms with van der Waals surface area (Å²) in [6, 6.07) is 0.407. The largest absolute Gasteiger partial charge is 0.356 e. The summed E-state index contributed by atoms with van der Waals surface area (Å²) in [5.74, 6) is 2.20. The Morgan fingerprint density at radius 3 is 2.68 bits per heavy atom. The zero-order chi connectivity index (χ0) is 15.8. The first-order valence-corrected chi connectivity index (χ1v) is 9.48. The molecule has 5 nitrogen and oxygen atoms in total. The molecule has 1 aliphatic carbocycles. The first kappa shape index (κ1) is 17.4. The van der Waals surface area contributed by atoms with Crippen molar-refractivity contribution < 1.29 is 4.79 Å². The summed E-state index contributed by atoms with van der Waals surface area (Å²) in [5.41, 5.74) is 0. The Hall–Kier alpha value is -0.910. The Morgan fingerprint density at radius 1 is 1.27 bits per heavy atom. The number of carbonyl (C=O) groups is 1. The highest BCUT2D eigenvalue weighted by atomic mass is 32.2. The summed E-state index contributed by atoms with van der Waals surface area (Å²) in [6.45, 7) is 3.85. The topological polar surface area (TPSA) is 65.5 Å². The molecule has 0 aromatic rings. The zero-order valence-corrected chi connectivity index (χ0v) is 14.7. The molecule has 0 radical (unpaired) electrons. The molecule has 22 heavy (non-hydrogen) atoms. The van der Waals surface area contributed by atoms with Crippen LogP contribution in [0.5, 0.6) is 0 Å². The monoisotopic (exact) mass is 326 g/mol. The fraction of sp³-hybridized carbons (Fsp3) is 0.875. The summed E-state index contributed by atoms with van der Waals surface area (Å²) in [6.07, 6.45) is 7.83. The van der Waals surface area contributed by atoms with E-state index in [1.807, 2.05) is 11.8 Å². The van der Waals surface area contributed by atoms with Gasteiger partial charge in [0.15, 0.2) is 5.96 Å². The van der Waals surface area contributed by atoms with Crippen LogP contribution in [0.25, 0.3) is 0 Å². The minimum absolute atomic E-state index is 0.146. The lowest BCUT2D eigenvalue weighted by Gasteiger charge is -2.24. The number of thioether (sulfide) groups is 1. The lowest BCUT2D eigenvalue weighted by atomic mass is 10.1. The lowest BCUT2D eigenvalue weighted by Crippen LogP contribution is -2.44. The maximum absolute atomic E-state index is 11.9. The van der Waals surface area contributed by atoms with Crippen molar-refractivity contribution >= 4 is 23.6 Å². The van der Waals surface area contributed by atoms with E-state index in [9.17, 15) is 4.79 Å². The summed E-state index contributed by atoms with van der Waals surface area (Å²) in [7, 11) is 1.78. The van der Waals surface area contributed by atoms with Crippen LogP contribution in [0, 0.1) is 0 Å². The molecular weight excluding hydrogens is 296 g/mol.